The summed E-state index contributed by atoms with van der Waals surface area (Å²) < 4.78 is 16.5. The average Bonchev–Trinajstić information content (AvgIpc) is 2.71. The quantitative estimate of drug-likeness (QED) is 0.496. The highest BCUT2D eigenvalue weighted by Crippen LogP contribution is 2.28. The molecular weight excluding hydrogens is 356 g/mol. The van der Waals surface area contributed by atoms with Gasteiger partial charge in [-0.25, -0.2) is 4.99 Å². The normalized spacial score (nSPS) is 16.0. The first kappa shape index (κ1) is 22.3. The molecule has 1 aliphatic heterocycles. The van der Waals surface area contributed by atoms with E-state index in [4.69, 9.17) is 19.2 Å². The Morgan fingerprint density at radius 3 is 2.57 bits per heavy atom. The number of guanidine groups is 1. The van der Waals surface area contributed by atoms with Gasteiger partial charge in [-0.3, -0.25) is 4.90 Å². The lowest BCUT2D eigenvalue weighted by Crippen LogP contribution is -2.56. The van der Waals surface area contributed by atoms with Gasteiger partial charge < -0.3 is 24.8 Å². The van der Waals surface area contributed by atoms with Gasteiger partial charge in [0, 0.05) is 31.7 Å². The van der Waals surface area contributed by atoms with Gasteiger partial charge in [-0.15, -0.1) is 0 Å². The summed E-state index contributed by atoms with van der Waals surface area (Å²) in [7, 11) is 1.66. The predicted molar refractivity (Wildman–Crippen MR) is 113 cm³/mol. The molecule has 28 heavy (non-hydrogen) atoms. The summed E-state index contributed by atoms with van der Waals surface area (Å²) in [5.74, 6) is 2.31. The maximum Gasteiger partial charge on any atom is 0.191 e. The third-order valence-corrected chi connectivity index (χ3v) is 4.85. The minimum Gasteiger partial charge on any atom is -0.493 e. The van der Waals surface area contributed by atoms with Crippen molar-refractivity contribution < 1.29 is 14.2 Å². The zero-order valence-corrected chi connectivity index (χ0v) is 18.0. The maximum absolute atomic E-state index is 5.58. The molecule has 7 nitrogen and oxygen atoms in total. The topological polar surface area (TPSA) is 67.4 Å². The van der Waals surface area contributed by atoms with Crippen molar-refractivity contribution in [3.8, 4) is 11.5 Å². The summed E-state index contributed by atoms with van der Waals surface area (Å²) in [6.07, 6.45) is 0. The predicted octanol–water partition coefficient (Wildman–Crippen LogP) is 2.26. The van der Waals surface area contributed by atoms with E-state index in [1.165, 1.54) is 0 Å². The van der Waals surface area contributed by atoms with Crippen molar-refractivity contribution in [2.45, 2.75) is 39.8 Å². The number of hydrogen-bond donors (Lipinski definition) is 2. The molecule has 0 spiro atoms. The molecule has 0 saturated carbocycles. The number of rotatable bonds is 9. The number of morpholine rings is 1. The van der Waals surface area contributed by atoms with E-state index in [0.29, 0.717) is 13.2 Å². The molecule has 0 aromatic heterocycles. The zero-order valence-electron chi connectivity index (χ0n) is 18.0. The van der Waals surface area contributed by atoms with Crippen LogP contribution in [-0.2, 0) is 11.3 Å². The van der Waals surface area contributed by atoms with E-state index in [9.17, 15) is 0 Å². The second-order valence-electron chi connectivity index (χ2n) is 7.38. The lowest BCUT2D eigenvalue weighted by atomic mass is 10.0. The van der Waals surface area contributed by atoms with E-state index in [2.05, 4.69) is 36.3 Å². The molecule has 158 valence electrons. The minimum atomic E-state index is 0.0301. The first-order valence-corrected chi connectivity index (χ1v) is 10.1. The van der Waals surface area contributed by atoms with Crippen LogP contribution in [0.5, 0.6) is 11.5 Å². The molecule has 0 atom stereocenters. The van der Waals surface area contributed by atoms with Crippen LogP contribution in [0.1, 0.15) is 33.3 Å². The van der Waals surface area contributed by atoms with Crippen LogP contribution in [0.15, 0.2) is 23.2 Å². The van der Waals surface area contributed by atoms with Gasteiger partial charge in [0.2, 0.25) is 0 Å². The third-order valence-electron chi connectivity index (χ3n) is 4.85. The number of nitrogens with one attached hydrogen (secondary N) is 2. The highest BCUT2D eigenvalue weighted by atomic mass is 16.5. The minimum absolute atomic E-state index is 0.0301. The molecule has 1 heterocycles. The van der Waals surface area contributed by atoms with Gasteiger partial charge in [-0.05, 0) is 45.4 Å². The molecular formula is C21H36N4O3. The van der Waals surface area contributed by atoms with Crippen LogP contribution in [0.3, 0.4) is 0 Å². The van der Waals surface area contributed by atoms with Gasteiger partial charge in [0.1, 0.15) is 0 Å². The van der Waals surface area contributed by atoms with Gasteiger partial charge in [0.25, 0.3) is 0 Å². The number of ether oxygens (including phenoxy) is 3. The Hall–Kier alpha value is -1.99. The Labute approximate surface area is 169 Å². The first-order chi connectivity index (χ1) is 13.5. The molecule has 0 amide bonds. The second kappa shape index (κ2) is 11.1. The number of hydrogen-bond acceptors (Lipinski definition) is 5. The molecule has 2 rings (SSSR count). The molecule has 1 saturated heterocycles. The van der Waals surface area contributed by atoms with Crippen LogP contribution >= 0.6 is 0 Å². The van der Waals surface area contributed by atoms with Crippen molar-refractivity contribution in [1.82, 2.24) is 15.5 Å². The summed E-state index contributed by atoms with van der Waals surface area (Å²) in [6, 6.07) is 5.95. The molecule has 0 unspecified atom stereocenters. The van der Waals surface area contributed by atoms with E-state index in [1.54, 1.807) is 7.11 Å². The Balaban J connectivity index is 1.99. The number of aliphatic imine (C=N–C) groups is 1. The molecule has 0 bridgehead atoms. The smallest absolute Gasteiger partial charge is 0.191 e. The third kappa shape index (κ3) is 6.56. The monoisotopic (exact) mass is 392 g/mol. The van der Waals surface area contributed by atoms with Crippen molar-refractivity contribution >= 4 is 5.96 Å². The van der Waals surface area contributed by atoms with Gasteiger partial charge >= 0.3 is 0 Å². The Kier molecular flexibility index (Phi) is 8.86. The van der Waals surface area contributed by atoms with E-state index < -0.39 is 0 Å². The standard InChI is InChI=1S/C21H36N4O3/c1-6-22-20(24-16-21(3,4)25-10-12-27-13-11-25)23-15-17-8-9-18(28-7-2)19(14-17)26-5/h8-9,14H,6-7,10-13,15-16H2,1-5H3,(H2,22,23,24). The fourth-order valence-electron chi connectivity index (χ4n) is 3.18. The van der Waals surface area contributed by atoms with Crippen molar-refractivity contribution in [2.24, 2.45) is 4.99 Å². The summed E-state index contributed by atoms with van der Waals surface area (Å²) in [6.45, 7) is 14.9. The summed E-state index contributed by atoms with van der Waals surface area (Å²) in [4.78, 5) is 7.20. The van der Waals surface area contributed by atoms with Crippen molar-refractivity contribution in [2.75, 3.05) is 53.1 Å². The average molecular weight is 393 g/mol. The van der Waals surface area contributed by atoms with E-state index >= 15 is 0 Å². The summed E-state index contributed by atoms with van der Waals surface area (Å²) in [5.41, 5.74) is 1.10. The van der Waals surface area contributed by atoms with Crippen molar-refractivity contribution in [3.05, 3.63) is 23.8 Å². The molecule has 1 aromatic rings. The molecule has 1 aliphatic rings. The molecule has 1 aromatic carbocycles. The SMILES string of the molecule is CCNC(=NCc1ccc(OCC)c(OC)c1)NCC(C)(C)N1CCOCC1. The number of methoxy groups -OCH3 is 1. The van der Waals surface area contributed by atoms with E-state index in [0.717, 1.165) is 62.4 Å². The van der Waals surface area contributed by atoms with Gasteiger partial charge in [-0.2, -0.15) is 0 Å². The van der Waals surface area contributed by atoms with Gasteiger partial charge in [-0.1, -0.05) is 6.07 Å². The molecule has 0 radical (unpaired) electrons. The van der Waals surface area contributed by atoms with E-state index in [-0.39, 0.29) is 5.54 Å². The second-order valence-corrected chi connectivity index (χ2v) is 7.38. The lowest BCUT2D eigenvalue weighted by Gasteiger charge is -2.41. The zero-order chi connectivity index (χ0) is 20.4. The molecule has 1 fully saturated rings. The fourth-order valence-corrected chi connectivity index (χ4v) is 3.18. The highest BCUT2D eigenvalue weighted by molar-refractivity contribution is 5.79. The van der Waals surface area contributed by atoms with E-state index in [1.807, 2.05) is 25.1 Å². The van der Waals surface area contributed by atoms with Crippen LogP contribution in [0.25, 0.3) is 0 Å². The lowest BCUT2D eigenvalue weighted by molar-refractivity contribution is -0.00834. The highest BCUT2D eigenvalue weighted by Gasteiger charge is 2.28. The Morgan fingerprint density at radius 2 is 1.93 bits per heavy atom. The van der Waals surface area contributed by atoms with Gasteiger partial charge in [0.05, 0.1) is 33.5 Å². The molecule has 7 heteroatoms. The van der Waals surface area contributed by atoms with Crippen LogP contribution in [0.2, 0.25) is 0 Å². The Bertz CT molecular complexity index is 628. The van der Waals surface area contributed by atoms with Crippen LogP contribution in [-0.4, -0.2) is 69.5 Å². The first-order valence-electron chi connectivity index (χ1n) is 10.1. The van der Waals surface area contributed by atoms with Crippen LogP contribution in [0, 0.1) is 0 Å². The van der Waals surface area contributed by atoms with Crippen LogP contribution < -0.4 is 20.1 Å². The largest absolute Gasteiger partial charge is 0.493 e. The number of benzene rings is 1. The maximum atomic E-state index is 5.58. The fraction of sp³-hybridized carbons (Fsp3) is 0.667. The van der Waals surface area contributed by atoms with Gasteiger partial charge in [0.15, 0.2) is 17.5 Å². The van der Waals surface area contributed by atoms with Crippen molar-refractivity contribution in [3.63, 3.8) is 0 Å². The Morgan fingerprint density at radius 1 is 1.18 bits per heavy atom. The molecule has 0 aliphatic carbocycles. The summed E-state index contributed by atoms with van der Waals surface area (Å²) in [5, 5.41) is 6.82. The molecule has 2 N–H and O–H groups in total. The summed E-state index contributed by atoms with van der Waals surface area (Å²) >= 11 is 0. The van der Waals surface area contributed by atoms with Crippen molar-refractivity contribution in [1.29, 1.82) is 0 Å². The van der Waals surface area contributed by atoms with Crippen LogP contribution in [0.4, 0.5) is 0 Å². The number of nitrogens with zero attached hydrogens (tertiary/aromatic N) is 2.